The van der Waals surface area contributed by atoms with E-state index in [4.69, 9.17) is 0 Å². The zero-order chi connectivity index (χ0) is 9.26. The average molecular weight is 177 g/mol. The molecule has 1 unspecified atom stereocenters. The third kappa shape index (κ3) is 1.67. The number of rotatable bonds is 0. The van der Waals surface area contributed by atoms with Crippen LogP contribution >= 0.6 is 0 Å². The summed E-state index contributed by atoms with van der Waals surface area (Å²) < 4.78 is 0. The van der Waals surface area contributed by atoms with E-state index in [2.05, 4.69) is 12.2 Å². The molecule has 0 radical (unpaired) electrons. The highest BCUT2D eigenvalue weighted by atomic mass is 16.2. The van der Waals surface area contributed by atoms with Crippen molar-refractivity contribution in [1.29, 1.82) is 0 Å². The molecule has 1 atom stereocenters. The lowest BCUT2D eigenvalue weighted by Gasteiger charge is -2.19. The molecule has 1 aliphatic heterocycles. The molecule has 0 aromatic carbocycles. The van der Waals surface area contributed by atoms with Gasteiger partial charge in [-0.2, -0.15) is 0 Å². The lowest BCUT2D eigenvalue weighted by atomic mass is 9.87. The topological polar surface area (TPSA) is 20.3 Å². The van der Waals surface area contributed by atoms with E-state index in [1.54, 1.807) is 11.0 Å². The van der Waals surface area contributed by atoms with Gasteiger partial charge in [0.2, 0.25) is 5.91 Å². The lowest BCUT2D eigenvalue weighted by Crippen LogP contribution is -2.24. The van der Waals surface area contributed by atoms with Gasteiger partial charge in [-0.05, 0) is 30.8 Å². The summed E-state index contributed by atoms with van der Waals surface area (Å²) >= 11 is 0. The Balaban J connectivity index is 2.26. The minimum Gasteiger partial charge on any atom is -0.342 e. The summed E-state index contributed by atoms with van der Waals surface area (Å²) in [4.78, 5) is 13.3. The van der Waals surface area contributed by atoms with Crippen molar-refractivity contribution < 1.29 is 4.79 Å². The Morgan fingerprint density at radius 2 is 2.31 bits per heavy atom. The number of amides is 1. The first kappa shape index (κ1) is 8.54. The van der Waals surface area contributed by atoms with E-state index >= 15 is 0 Å². The van der Waals surface area contributed by atoms with Crippen LogP contribution in [0.2, 0.25) is 0 Å². The molecule has 0 saturated heterocycles. The molecule has 2 rings (SSSR count). The number of nitrogens with zero attached hydrogens (tertiary/aromatic N) is 1. The van der Waals surface area contributed by atoms with Crippen LogP contribution in [0.25, 0.3) is 0 Å². The van der Waals surface area contributed by atoms with Gasteiger partial charge in [0, 0.05) is 19.7 Å². The van der Waals surface area contributed by atoms with Crippen molar-refractivity contribution in [3.8, 4) is 0 Å². The van der Waals surface area contributed by atoms with Gasteiger partial charge in [0.15, 0.2) is 0 Å². The second-order valence-electron chi connectivity index (χ2n) is 3.87. The van der Waals surface area contributed by atoms with E-state index in [0.29, 0.717) is 5.92 Å². The Labute approximate surface area is 78.9 Å². The van der Waals surface area contributed by atoms with Crippen molar-refractivity contribution in [2.75, 3.05) is 13.6 Å². The normalized spacial score (nSPS) is 28.1. The van der Waals surface area contributed by atoms with Crippen LogP contribution in [0.1, 0.15) is 19.3 Å². The highest BCUT2D eigenvalue weighted by Crippen LogP contribution is 2.28. The molecule has 0 fully saturated rings. The number of carbonyl (C=O) groups is 1. The molecule has 1 aliphatic carbocycles. The van der Waals surface area contributed by atoms with Crippen molar-refractivity contribution in [2.45, 2.75) is 19.3 Å². The van der Waals surface area contributed by atoms with Gasteiger partial charge >= 0.3 is 0 Å². The van der Waals surface area contributed by atoms with Crippen LogP contribution in [0, 0.1) is 5.92 Å². The molecule has 2 heteroatoms. The molecule has 2 aliphatic rings. The standard InChI is InChI=1S/C11H15NO/c1-12-7-6-9-4-2-3-5-10(9)8-11(12)13/h3,5,8-9H,2,4,6-7H2,1H3. The summed E-state index contributed by atoms with van der Waals surface area (Å²) in [6.07, 6.45) is 9.58. The van der Waals surface area contributed by atoms with Gasteiger partial charge in [-0.3, -0.25) is 4.79 Å². The van der Waals surface area contributed by atoms with E-state index in [1.165, 1.54) is 18.4 Å². The first-order chi connectivity index (χ1) is 6.27. The number of fused-ring (bicyclic) bond motifs is 1. The second-order valence-corrected chi connectivity index (χ2v) is 3.87. The fourth-order valence-corrected chi connectivity index (χ4v) is 2.01. The maximum absolute atomic E-state index is 11.5. The van der Waals surface area contributed by atoms with E-state index in [-0.39, 0.29) is 5.91 Å². The van der Waals surface area contributed by atoms with Crippen LogP contribution in [0.3, 0.4) is 0 Å². The quantitative estimate of drug-likeness (QED) is 0.552. The van der Waals surface area contributed by atoms with Gasteiger partial charge in [-0.25, -0.2) is 0 Å². The fourth-order valence-electron chi connectivity index (χ4n) is 2.01. The number of likely N-dealkylation sites (N-methyl/N-ethyl adjacent to an activating group) is 1. The van der Waals surface area contributed by atoms with Gasteiger partial charge < -0.3 is 4.90 Å². The van der Waals surface area contributed by atoms with E-state index in [9.17, 15) is 4.79 Å². The van der Waals surface area contributed by atoms with Crippen LogP contribution in [0.15, 0.2) is 23.8 Å². The monoisotopic (exact) mass is 177 g/mol. The van der Waals surface area contributed by atoms with Crippen molar-refractivity contribution >= 4 is 5.91 Å². The summed E-state index contributed by atoms with van der Waals surface area (Å²) in [5.41, 5.74) is 1.24. The van der Waals surface area contributed by atoms with Crippen molar-refractivity contribution in [3.63, 3.8) is 0 Å². The molecule has 0 spiro atoms. The number of allylic oxidation sites excluding steroid dienone is 3. The SMILES string of the molecule is CN1CCC2CCC=CC2=CC1=O. The number of carbonyl (C=O) groups excluding carboxylic acids is 1. The van der Waals surface area contributed by atoms with Gasteiger partial charge in [0.1, 0.15) is 0 Å². The molecule has 0 bridgehead atoms. The Hall–Kier alpha value is -1.05. The summed E-state index contributed by atoms with van der Waals surface area (Å²) in [7, 11) is 1.88. The van der Waals surface area contributed by atoms with Crippen LogP contribution < -0.4 is 0 Å². The number of hydrogen-bond donors (Lipinski definition) is 0. The zero-order valence-electron chi connectivity index (χ0n) is 7.99. The predicted octanol–water partition coefficient (Wildman–Crippen LogP) is 1.74. The third-order valence-electron chi connectivity index (χ3n) is 2.94. The highest BCUT2D eigenvalue weighted by molar-refractivity contribution is 5.89. The van der Waals surface area contributed by atoms with Crippen molar-refractivity contribution in [2.24, 2.45) is 5.92 Å². The molecule has 1 amide bonds. The smallest absolute Gasteiger partial charge is 0.246 e. The summed E-state index contributed by atoms with van der Waals surface area (Å²) in [5.74, 6) is 0.781. The molecule has 0 aromatic heterocycles. The summed E-state index contributed by atoms with van der Waals surface area (Å²) in [5, 5.41) is 0. The Morgan fingerprint density at radius 1 is 1.46 bits per heavy atom. The minimum atomic E-state index is 0.157. The van der Waals surface area contributed by atoms with Gasteiger partial charge in [0.05, 0.1) is 0 Å². The largest absolute Gasteiger partial charge is 0.342 e. The van der Waals surface area contributed by atoms with Gasteiger partial charge in [-0.15, -0.1) is 0 Å². The predicted molar refractivity (Wildman–Crippen MR) is 52.2 cm³/mol. The highest BCUT2D eigenvalue weighted by Gasteiger charge is 2.21. The Bertz CT molecular complexity index is 278. The Morgan fingerprint density at radius 3 is 3.15 bits per heavy atom. The van der Waals surface area contributed by atoms with Crippen molar-refractivity contribution in [3.05, 3.63) is 23.8 Å². The van der Waals surface area contributed by atoms with Gasteiger partial charge in [0.25, 0.3) is 0 Å². The maximum Gasteiger partial charge on any atom is 0.246 e. The lowest BCUT2D eigenvalue weighted by molar-refractivity contribution is -0.124. The molecule has 2 nitrogen and oxygen atoms in total. The molecular weight excluding hydrogens is 162 g/mol. The second kappa shape index (κ2) is 3.36. The Kier molecular flexibility index (Phi) is 2.21. The molecule has 13 heavy (non-hydrogen) atoms. The molecule has 1 heterocycles. The first-order valence-corrected chi connectivity index (χ1v) is 4.90. The molecule has 0 N–H and O–H groups in total. The van der Waals surface area contributed by atoms with E-state index in [0.717, 1.165) is 13.0 Å². The molecule has 0 saturated carbocycles. The van der Waals surface area contributed by atoms with E-state index in [1.807, 2.05) is 7.05 Å². The van der Waals surface area contributed by atoms with Gasteiger partial charge in [-0.1, -0.05) is 12.2 Å². The number of hydrogen-bond acceptors (Lipinski definition) is 1. The average Bonchev–Trinajstić information content (AvgIpc) is 2.28. The van der Waals surface area contributed by atoms with E-state index < -0.39 is 0 Å². The fraction of sp³-hybridized carbons (Fsp3) is 0.545. The van der Waals surface area contributed by atoms with Crippen LogP contribution in [-0.2, 0) is 4.79 Å². The summed E-state index contributed by atoms with van der Waals surface area (Å²) in [6.45, 7) is 0.900. The molecule has 0 aromatic rings. The molecule has 70 valence electrons. The first-order valence-electron chi connectivity index (χ1n) is 4.90. The zero-order valence-corrected chi connectivity index (χ0v) is 7.99. The molecular formula is C11H15NO. The maximum atomic E-state index is 11.5. The van der Waals surface area contributed by atoms with Crippen LogP contribution in [0.4, 0.5) is 0 Å². The minimum absolute atomic E-state index is 0.157. The third-order valence-corrected chi connectivity index (χ3v) is 2.94. The van der Waals surface area contributed by atoms with Crippen LogP contribution in [0.5, 0.6) is 0 Å². The van der Waals surface area contributed by atoms with Crippen molar-refractivity contribution in [1.82, 2.24) is 4.90 Å². The van der Waals surface area contributed by atoms with Crippen LogP contribution in [-0.4, -0.2) is 24.4 Å². The summed E-state index contributed by atoms with van der Waals surface area (Å²) in [6, 6.07) is 0.